The van der Waals surface area contributed by atoms with E-state index in [4.69, 9.17) is 4.74 Å². The zero-order chi connectivity index (χ0) is 18.2. The number of carbonyl (C=O) groups is 3. The summed E-state index contributed by atoms with van der Waals surface area (Å²) >= 11 is 0. The lowest BCUT2D eigenvalue weighted by atomic mass is 10.2. The second-order valence-corrected chi connectivity index (χ2v) is 6.11. The van der Waals surface area contributed by atoms with Crippen molar-refractivity contribution in [2.24, 2.45) is 0 Å². The van der Waals surface area contributed by atoms with Crippen molar-refractivity contribution in [1.29, 1.82) is 0 Å². The molecular weight excluding hydrogens is 322 g/mol. The molecule has 1 unspecified atom stereocenters. The molecule has 1 aromatic carbocycles. The Bertz CT molecular complexity index is 609. The maximum Gasteiger partial charge on any atom is 0.338 e. The Morgan fingerprint density at radius 1 is 1.16 bits per heavy atom. The number of esters is 1. The van der Waals surface area contributed by atoms with Gasteiger partial charge in [-0.1, -0.05) is 12.8 Å². The molecule has 0 heterocycles. The Kier molecular flexibility index (Phi) is 6.80. The molecule has 0 aromatic heterocycles. The zero-order valence-electron chi connectivity index (χ0n) is 14.6. The lowest BCUT2D eigenvalue weighted by Crippen LogP contribution is -2.48. The summed E-state index contributed by atoms with van der Waals surface area (Å²) < 4.78 is 4.90. The lowest BCUT2D eigenvalue weighted by molar-refractivity contribution is -0.117. The minimum Gasteiger partial charge on any atom is -0.462 e. The summed E-state index contributed by atoms with van der Waals surface area (Å²) in [6.07, 6.45) is 4.23. The van der Waals surface area contributed by atoms with Crippen LogP contribution < -0.4 is 16.0 Å². The highest BCUT2D eigenvalue weighted by Gasteiger charge is 2.20. The van der Waals surface area contributed by atoms with Gasteiger partial charge in [0.05, 0.1) is 12.2 Å². The Balaban J connectivity index is 1.81. The SMILES string of the molecule is CCOC(=O)c1ccc(NC(=O)C(C)NC(=O)NC2CCCC2)cc1. The van der Waals surface area contributed by atoms with E-state index in [-0.39, 0.29) is 18.0 Å². The third-order valence-electron chi connectivity index (χ3n) is 4.09. The molecule has 1 fully saturated rings. The van der Waals surface area contributed by atoms with E-state index >= 15 is 0 Å². The Morgan fingerprint density at radius 3 is 2.40 bits per heavy atom. The first kappa shape index (κ1) is 18.8. The minimum atomic E-state index is -0.675. The molecule has 0 spiro atoms. The quantitative estimate of drug-likeness (QED) is 0.689. The average molecular weight is 347 g/mol. The fraction of sp³-hybridized carbons (Fsp3) is 0.500. The molecule has 25 heavy (non-hydrogen) atoms. The van der Waals surface area contributed by atoms with Gasteiger partial charge in [-0.15, -0.1) is 0 Å². The van der Waals surface area contributed by atoms with E-state index in [0.29, 0.717) is 17.9 Å². The first-order chi connectivity index (χ1) is 12.0. The summed E-state index contributed by atoms with van der Waals surface area (Å²) in [5.41, 5.74) is 0.963. The van der Waals surface area contributed by atoms with Gasteiger partial charge < -0.3 is 20.7 Å². The molecule has 2 rings (SSSR count). The number of carbonyl (C=O) groups excluding carboxylic acids is 3. The predicted octanol–water partition coefficient (Wildman–Crippen LogP) is 2.43. The van der Waals surface area contributed by atoms with Gasteiger partial charge in [0.1, 0.15) is 6.04 Å². The minimum absolute atomic E-state index is 0.200. The molecule has 7 nitrogen and oxygen atoms in total. The third kappa shape index (κ3) is 5.77. The van der Waals surface area contributed by atoms with Crippen molar-refractivity contribution in [1.82, 2.24) is 10.6 Å². The van der Waals surface area contributed by atoms with Gasteiger partial charge in [-0.05, 0) is 51.0 Å². The van der Waals surface area contributed by atoms with Crippen molar-refractivity contribution in [3.05, 3.63) is 29.8 Å². The summed E-state index contributed by atoms with van der Waals surface area (Å²) in [5, 5.41) is 8.22. The van der Waals surface area contributed by atoms with Gasteiger partial charge in [0.25, 0.3) is 0 Å². The van der Waals surface area contributed by atoms with Crippen LogP contribution in [-0.2, 0) is 9.53 Å². The molecule has 1 saturated carbocycles. The molecular formula is C18H25N3O4. The topological polar surface area (TPSA) is 96.5 Å². The molecule has 136 valence electrons. The predicted molar refractivity (Wildman–Crippen MR) is 94.4 cm³/mol. The second-order valence-electron chi connectivity index (χ2n) is 6.11. The normalized spacial score (nSPS) is 15.3. The second kappa shape index (κ2) is 9.05. The first-order valence-electron chi connectivity index (χ1n) is 8.64. The summed E-state index contributed by atoms with van der Waals surface area (Å²) in [6.45, 7) is 3.67. The van der Waals surface area contributed by atoms with Crippen LogP contribution in [0.15, 0.2) is 24.3 Å². The van der Waals surface area contributed by atoms with Gasteiger partial charge in [-0.2, -0.15) is 0 Å². The highest BCUT2D eigenvalue weighted by Crippen LogP contribution is 2.17. The van der Waals surface area contributed by atoms with E-state index in [2.05, 4.69) is 16.0 Å². The van der Waals surface area contributed by atoms with Crippen molar-refractivity contribution < 1.29 is 19.1 Å². The number of nitrogens with one attached hydrogen (secondary N) is 3. The van der Waals surface area contributed by atoms with E-state index in [1.54, 1.807) is 38.1 Å². The number of benzene rings is 1. The number of hydrogen-bond acceptors (Lipinski definition) is 4. The fourth-order valence-corrected chi connectivity index (χ4v) is 2.71. The highest BCUT2D eigenvalue weighted by atomic mass is 16.5. The van der Waals surface area contributed by atoms with E-state index in [1.165, 1.54) is 0 Å². The van der Waals surface area contributed by atoms with Gasteiger partial charge in [-0.25, -0.2) is 9.59 Å². The number of ether oxygens (including phenoxy) is 1. The number of amides is 3. The molecule has 3 N–H and O–H groups in total. The van der Waals surface area contributed by atoms with Crippen LogP contribution in [0.4, 0.5) is 10.5 Å². The van der Waals surface area contributed by atoms with Gasteiger partial charge in [0.2, 0.25) is 5.91 Å². The number of anilines is 1. The smallest absolute Gasteiger partial charge is 0.338 e. The van der Waals surface area contributed by atoms with Crippen molar-refractivity contribution in [3.8, 4) is 0 Å². The molecule has 0 aliphatic heterocycles. The Morgan fingerprint density at radius 2 is 1.80 bits per heavy atom. The summed E-state index contributed by atoms with van der Waals surface area (Å²) in [7, 11) is 0. The number of rotatable bonds is 6. The summed E-state index contributed by atoms with van der Waals surface area (Å²) in [5.74, 6) is -0.732. The van der Waals surface area contributed by atoms with E-state index < -0.39 is 12.0 Å². The molecule has 0 bridgehead atoms. The standard InChI is InChI=1S/C18H25N3O4/c1-3-25-17(23)13-8-10-15(11-9-13)20-16(22)12(2)19-18(24)21-14-6-4-5-7-14/h8-12,14H,3-7H2,1-2H3,(H,20,22)(H2,19,21,24). The van der Waals surface area contributed by atoms with Crippen LogP contribution in [0.5, 0.6) is 0 Å². The third-order valence-corrected chi connectivity index (χ3v) is 4.09. The lowest BCUT2D eigenvalue weighted by Gasteiger charge is -2.17. The molecule has 3 amide bonds. The molecule has 1 aliphatic carbocycles. The average Bonchev–Trinajstić information content (AvgIpc) is 3.08. The maximum atomic E-state index is 12.2. The molecule has 0 saturated heterocycles. The van der Waals surface area contributed by atoms with Crippen molar-refractivity contribution in [2.45, 2.75) is 51.6 Å². The Hall–Kier alpha value is -2.57. The van der Waals surface area contributed by atoms with Crippen LogP contribution >= 0.6 is 0 Å². The fourth-order valence-electron chi connectivity index (χ4n) is 2.71. The number of hydrogen-bond donors (Lipinski definition) is 3. The van der Waals surface area contributed by atoms with Crippen molar-refractivity contribution in [3.63, 3.8) is 0 Å². The van der Waals surface area contributed by atoms with Crippen molar-refractivity contribution >= 4 is 23.6 Å². The number of urea groups is 1. The van der Waals surface area contributed by atoms with Crippen molar-refractivity contribution in [2.75, 3.05) is 11.9 Å². The van der Waals surface area contributed by atoms with Crippen LogP contribution in [0.2, 0.25) is 0 Å². The molecule has 1 atom stereocenters. The molecule has 1 aromatic rings. The van der Waals surface area contributed by atoms with Crippen LogP contribution in [0.3, 0.4) is 0 Å². The molecule has 0 radical (unpaired) electrons. The summed E-state index contributed by atoms with van der Waals surface area (Å²) in [6, 6.07) is 5.60. The molecule has 7 heteroatoms. The van der Waals surface area contributed by atoms with Crippen LogP contribution in [-0.4, -0.2) is 36.6 Å². The van der Waals surface area contributed by atoms with Crippen LogP contribution in [0.1, 0.15) is 49.9 Å². The zero-order valence-corrected chi connectivity index (χ0v) is 14.6. The van der Waals surface area contributed by atoms with Gasteiger partial charge >= 0.3 is 12.0 Å². The van der Waals surface area contributed by atoms with Gasteiger partial charge in [0, 0.05) is 11.7 Å². The van der Waals surface area contributed by atoms with Gasteiger partial charge in [0.15, 0.2) is 0 Å². The highest BCUT2D eigenvalue weighted by molar-refractivity contribution is 5.97. The monoisotopic (exact) mass is 347 g/mol. The maximum absolute atomic E-state index is 12.2. The largest absolute Gasteiger partial charge is 0.462 e. The molecule has 1 aliphatic rings. The summed E-state index contributed by atoms with van der Waals surface area (Å²) in [4.78, 5) is 35.6. The van der Waals surface area contributed by atoms with E-state index in [9.17, 15) is 14.4 Å². The van der Waals surface area contributed by atoms with Gasteiger partial charge in [-0.3, -0.25) is 4.79 Å². The van der Waals surface area contributed by atoms with E-state index in [1.807, 2.05) is 0 Å². The van der Waals surface area contributed by atoms with E-state index in [0.717, 1.165) is 25.7 Å². The van der Waals surface area contributed by atoms with Crippen LogP contribution in [0.25, 0.3) is 0 Å². The Labute approximate surface area is 147 Å². The first-order valence-corrected chi connectivity index (χ1v) is 8.64. The van der Waals surface area contributed by atoms with Crippen LogP contribution in [0, 0.1) is 0 Å².